The van der Waals surface area contributed by atoms with Gasteiger partial charge < -0.3 is 10.2 Å². The second-order valence-corrected chi connectivity index (χ2v) is 8.43. The molecule has 2 aliphatic heterocycles. The maximum atomic E-state index is 6.42. The van der Waals surface area contributed by atoms with Crippen molar-refractivity contribution in [2.45, 2.75) is 36.2 Å². The van der Waals surface area contributed by atoms with Gasteiger partial charge in [-0.2, -0.15) is 0 Å². The highest BCUT2D eigenvalue weighted by molar-refractivity contribution is 7.98. The summed E-state index contributed by atoms with van der Waals surface area (Å²) in [7, 11) is 0. The number of oxime groups is 1. The van der Waals surface area contributed by atoms with Crippen LogP contribution in [0.3, 0.4) is 0 Å². The van der Waals surface area contributed by atoms with E-state index in [4.69, 9.17) is 21.4 Å². The summed E-state index contributed by atoms with van der Waals surface area (Å²) >= 11 is 9.85. The van der Waals surface area contributed by atoms with Crippen LogP contribution in [0.2, 0.25) is 5.02 Å². The first-order valence-electron chi connectivity index (χ1n) is 8.48. The Morgan fingerprint density at radius 1 is 1.32 bits per heavy atom. The molecule has 2 aromatic rings. The van der Waals surface area contributed by atoms with Crippen LogP contribution in [0.15, 0.2) is 33.6 Å². The van der Waals surface area contributed by atoms with Crippen LogP contribution in [-0.2, 0) is 4.84 Å². The van der Waals surface area contributed by atoms with E-state index in [9.17, 15) is 0 Å². The first kappa shape index (κ1) is 17.3. The third-order valence-electron chi connectivity index (χ3n) is 4.73. The lowest BCUT2D eigenvalue weighted by Gasteiger charge is -2.20. The van der Waals surface area contributed by atoms with Crippen LogP contribution in [0.4, 0.5) is 0 Å². The van der Waals surface area contributed by atoms with Gasteiger partial charge in [-0.05, 0) is 44.3 Å². The Hall–Kier alpha value is -1.08. The smallest absolute Gasteiger partial charge is 0.160 e. The number of rotatable bonds is 4. The van der Waals surface area contributed by atoms with Crippen LogP contribution in [0.5, 0.6) is 0 Å². The molecule has 1 atom stereocenters. The van der Waals surface area contributed by atoms with Gasteiger partial charge in [0.2, 0.25) is 0 Å². The Labute approximate surface area is 161 Å². The number of hydrogen-bond donors (Lipinski definition) is 1. The third-order valence-corrected chi connectivity index (χ3v) is 6.86. The highest BCUT2D eigenvalue weighted by atomic mass is 35.5. The van der Waals surface area contributed by atoms with E-state index in [1.165, 1.54) is 5.01 Å². The molecule has 0 aliphatic carbocycles. The molecular formula is C18H20ClN3OS2. The van der Waals surface area contributed by atoms with E-state index in [-0.39, 0.29) is 6.10 Å². The highest BCUT2D eigenvalue weighted by Crippen LogP contribution is 2.39. The van der Waals surface area contributed by atoms with Gasteiger partial charge in [0.25, 0.3) is 0 Å². The van der Waals surface area contributed by atoms with Crippen LogP contribution in [0, 0.1) is 0 Å². The number of hydrogen-bond acceptors (Lipinski definition) is 6. The highest BCUT2D eigenvalue weighted by Gasteiger charge is 2.29. The normalized spacial score (nSPS) is 21.2. The molecule has 2 aliphatic rings. The zero-order chi connectivity index (χ0) is 17.2. The maximum absolute atomic E-state index is 6.42. The Balaban J connectivity index is 1.50. The number of benzene rings is 1. The summed E-state index contributed by atoms with van der Waals surface area (Å²) in [5.74, 6) is 0.574. The van der Waals surface area contributed by atoms with Crippen molar-refractivity contribution in [2.75, 3.05) is 19.3 Å². The molecule has 4 rings (SSSR count). The molecule has 0 bridgehead atoms. The SMILES string of the molecule is CSc1cccc(Cl)c1C1CC(c2csc(C3CCNCC3)n2)=NO1. The maximum Gasteiger partial charge on any atom is 0.160 e. The van der Waals surface area contributed by atoms with E-state index in [0.29, 0.717) is 12.3 Å². The lowest BCUT2D eigenvalue weighted by atomic mass is 9.99. The Kier molecular flexibility index (Phi) is 5.31. The topological polar surface area (TPSA) is 46.5 Å². The number of thioether (sulfide) groups is 1. The van der Waals surface area contributed by atoms with E-state index < -0.39 is 0 Å². The lowest BCUT2D eigenvalue weighted by Crippen LogP contribution is -2.26. The molecule has 1 fully saturated rings. The average molecular weight is 394 g/mol. The van der Waals surface area contributed by atoms with Crippen LogP contribution in [-0.4, -0.2) is 30.0 Å². The van der Waals surface area contributed by atoms with Crippen molar-refractivity contribution in [3.8, 4) is 0 Å². The van der Waals surface area contributed by atoms with Crippen molar-refractivity contribution in [1.82, 2.24) is 10.3 Å². The molecule has 7 heteroatoms. The van der Waals surface area contributed by atoms with E-state index >= 15 is 0 Å². The van der Waals surface area contributed by atoms with Gasteiger partial charge in [0.05, 0.1) is 10.7 Å². The number of piperidine rings is 1. The zero-order valence-electron chi connectivity index (χ0n) is 14.0. The van der Waals surface area contributed by atoms with Gasteiger partial charge in [-0.1, -0.05) is 22.8 Å². The first-order chi connectivity index (χ1) is 12.3. The third kappa shape index (κ3) is 3.58. The van der Waals surface area contributed by atoms with Gasteiger partial charge >= 0.3 is 0 Å². The molecule has 0 spiro atoms. The predicted molar refractivity (Wildman–Crippen MR) is 105 cm³/mol. The first-order valence-corrected chi connectivity index (χ1v) is 11.0. The number of aromatic nitrogens is 1. The summed E-state index contributed by atoms with van der Waals surface area (Å²) in [6, 6.07) is 5.96. The Bertz CT molecular complexity index is 786. The zero-order valence-corrected chi connectivity index (χ0v) is 16.4. The van der Waals surface area contributed by atoms with Crippen LogP contribution < -0.4 is 5.32 Å². The fraction of sp³-hybridized carbons (Fsp3) is 0.444. The molecule has 25 heavy (non-hydrogen) atoms. The van der Waals surface area contributed by atoms with Crippen LogP contribution in [0.1, 0.15) is 47.5 Å². The molecular weight excluding hydrogens is 374 g/mol. The number of thiazole rings is 1. The van der Waals surface area contributed by atoms with Crippen LogP contribution >= 0.6 is 34.7 Å². The van der Waals surface area contributed by atoms with Gasteiger partial charge in [0.1, 0.15) is 5.71 Å². The van der Waals surface area contributed by atoms with Crippen molar-refractivity contribution < 1.29 is 4.84 Å². The Morgan fingerprint density at radius 3 is 2.96 bits per heavy atom. The Morgan fingerprint density at radius 2 is 2.16 bits per heavy atom. The van der Waals surface area contributed by atoms with Crippen molar-refractivity contribution in [3.05, 3.63) is 44.9 Å². The number of nitrogens with one attached hydrogen (secondary N) is 1. The lowest BCUT2D eigenvalue weighted by molar-refractivity contribution is 0.0839. The summed E-state index contributed by atoms with van der Waals surface area (Å²) in [6.07, 6.45) is 4.96. The minimum absolute atomic E-state index is 0.129. The molecule has 0 saturated carbocycles. The van der Waals surface area contributed by atoms with E-state index in [2.05, 4.69) is 28.2 Å². The van der Waals surface area contributed by atoms with E-state index in [1.54, 1.807) is 23.1 Å². The number of nitrogens with zero attached hydrogens (tertiary/aromatic N) is 2. The summed E-state index contributed by atoms with van der Waals surface area (Å²) in [4.78, 5) is 11.7. The summed E-state index contributed by atoms with van der Waals surface area (Å²) in [5, 5.41) is 11.8. The largest absolute Gasteiger partial charge is 0.387 e. The van der Waals surface area contributed by atoms with E-state index in [0.717, 1.165) is 52.8 Å². The second-order valence-electron chi connectivity index (χ2n) is 6.29. The van der Waals surface area contributed by atoms with Crippen molar-refractivity contribution in [1.29, 1.82) is 0 Å². The van der Waals surface area contributed by atoms with Gasteiger partial charge in [-0.3, -0.25) is 0 Å². The van der Waals surface area contributed by atoms with Gasteiger partial charge in [-0.15, -0.1) is 23.1 Å². The minimum Gasteiger partial charge on any atom is -0.387 e. The quantitative estimate of drug-likeness (QED) is 0.754. The van der Waals surface area contributed by atoms with Crippen LogP contribution in [0.25, 0.3) is 0 Å². The summed E-state index contributed by atoms with van der Waals surface area (Å²) < 4.78 is 0. The van der Waals surface area contributed by atoms with Gasteiger partial charge in [0, 0.05) is 33.2 Å². The minimum atomic E-state index is -0.129. The monoisotopic (exact) mass is 393 g/mol. The summed E-state index contributed by atoms with van der Waals surface area (Å²) in [5.41, 5.74) is 2.91. The molecule has 1 saturated heterocycles. The molecule has 0 radical (unpaired) electrons. The molecule has 3 heterocycles. The molecule has 132 valence electrons. The fourth-order valence-corrected chi connectivity index (χ4v) is 5.40. The van der Waals surface area contributed by atoms with Crippen molar-refractivity contribution in [2.24, 2.45) is 5.16 Å². The van der Waals surface area contributed by atoms with E-state index in [1.807, 2.05) is 12.1 Å². The standard InChI is InChI=1S/C18H20ClN3OS2/c1-24-16-4-2-3-12(19)17(16)15-9-13(22-23-15)14-10-25-18(21-14)11-5-7-20-8-6-11/h2-4,10-11,15,20H,5-9H2,1H3. The molecule has 1 aromatic carbocycles. The average Bonchev–Trinajstić information content (AvgIpc) is 3.31. The molecule has 1 aromatic heterocycles. The fourth-order valence-electron chi connectivity index (χ4n) is 3.37. The molecule has 0 amide bonds. The molecule has 1 unspecified atom stereocenters. The molecule has 1 N–H and O–H groups in total. The van der Waals surface area contributed by atoms with Crippen molar-refractivity contribution >= 4 is 40.4 Å². The predicted octanol–water partition coefficient (Wildman–Crippen LogP) is 4.85. The van der Waals surface area contributed by atoms with Gasteiger partial charge in [0.15, 0.2) is 6.10 Å². The molecule has 4 nitrogen and oxygen atoms in total. The number of halogens is 1. The summed E-state index contributed by atoms with van der Waals surface area (Å²) in [6.45, 7) is 2.16. The second kappa shape index (κ2) is 7.66. The van der Waals surface area contributed by atoms with Crippen molar-refractivity contribution in [3.63, 3.8) is 0 Å². The van der Waals surface area contributed by atoms with Gasteiger partial charge in [-0.25, -0.2) is 4.98 Å².